The standard InChI is InChI=1S/C11H11N5S/c12-3-1-10-14-11(16-15-10)7-5-9-8(13-6-7)2-4-17-9/h2,4-6H,1,3,12H2,(H,14,15,16). The van der Waals surface area contributed by atoms with Crippen LogP contribution in [0.3, 0.4) is 0 Å². The highest BCUT2D eigenvalue weighted by Gasteiger charge is 2.07. The second-order valence-electron chi connectivity index (χ2n) is 3.67. The Balaban J connectivity index is 2.00. The van der Waals surface area contributed by atoms with Gasteiger partial charge in [0, 0.05) is 18.2 Å². The van der Waals surface area contributed by atoms with Gasteiger partial charge < -0.3 is 5.73 Å². The summed E-state index contributed by atoms with van der Waals surface area (Å²) in [6.45, 7) is 0.566. The average Bonchev–Trinajstić information content (AvgIpc) is 2.96. The van der Waals surface area contributed by atoms with E-state index >= 15 is 0 Å². The number of rotatable bonds is 3. The quantitative estimate of drug-likeness (QED) is 0.734. The van der Waals surface area contributed by atoms with Gasteiger partial charge in [0.05, 0.1) is 10.2 Å². The predicted octanol–water partition coefficient (Wildman–Crippen LogP) is 1.58. The molecule has 5 nitrogen and oxygen atoms in total. The fraction of sp³-hybridized carbons (Fsp3) is 0.182. The van der Waals surface area contributed by atoms with Crippen LogP contribution in [0, 0.1) is 0 Å². The maximum absolute atomic E-state index is 5.47. The molecule has 86 valence electrons. The molecule has 3 aromatic rings. The third kappa shape index (κ3) is 1.92. The van der Waals surface area contributed by atoms with Gasteiger partial charge in [-0.3, -0.25) is 10.1 Å². The van der Waals surface area contributed by atoms with E-state index in [1.165, 1.54) is 0 Å². The van der Waals surface area contributed by atoms with Gasteiger partial charge in [-0.1, -0.05) is 0 Å². The predicted molar refractivity (Wildman–Crippen MR) is 67.8 cm³/mol. The van der Waals surface area contributed by atoms with Gasteiger partial charge >= 0.3 is 0 Å². The summed E-state index contributed by atoms with van der Waals surface area (Å²) in [5, 5.41) is 9.08. The molecule has 0 atom stereocenters. The van der Waals surface area contributed by atoms with Gasteiger partial charge in [0.25, 0.3) is 0 Å². The van der Waals surface area contributed by atoms with Crippen LogP contribution in [0.2, 0.25) is 0 Å². The lowest BCUT2D eigenvalue weighted by atomic mass is 10.2. The van der Waals surface area contributed by atoms with E-state index in [9.17, 15) is 0 Å². The molecule has 3 heterocycles. The van der Waals surface area contributed by atoms with Crippen molar-refractivity contribution in [2.24, 2.45) is 5.73 Å². The number of nitrogens with two attached hydrogens (primary N) is 1. The SMILES string of the molecule is NCCc1nc(-c2cnc3ccsc3c2)n[nH]1. The first kappa shape index (κ1) is 10.4. The molecule has 0 aliphatic carbocycles. The summed E-state index contributed by atoms with van der Waals surface area (Å²) in [4.78, 5) is 8.74. The summed E-state index contributed by atoms with van der Waals surface area (Å²) < 4.78 is 1.15. The van der Waals surface area contributed by atoms with Crippen molar-refractivity contribution in [1.82, 2.24) is 20.2 Å². The zero-order valence-corrected chi connectivity index (χ0v) is 9.87. The lowest BCUT2D eigenvalue weighted by Gasteiger charge is -1.94. The molecular weight excluding hydrogens is 234 g/mol. The van der Waals surface area contributed by atoms with Crippen molar-refractivity contribution in [2.75, 3.05) is 6.54 Å². The van der Waals surface area contributed by atoms with E-state index in [1.54, 1.807) is 17.5 Å². The molecule has 0 aliphatic rings. The molecule has 3 N–H and O–H groups in total. The summed E-state index contributed by atoms with van der Waals surface area (Å²) in [6.07, 6.45) is 2.51. The van der Waals surface area contributed by atoms with Crippen LogP contribution < -0.4 is 5.73 Å². The highest BCUT2D eigenvalue weighted by molar-refractivity contribution is 7.17. The van der Waals surface area contributed by atoms with Crippen LogP contribution in [0.1, 0.15) is 5.82 Å². The molecule has 17 heavy (non-hydrogen) atoms. The zero-order valence-electron chi connectivity index (χ0n) is 9.05. The lowest BCUT2D eigenvalue weighted by Crippen LogP contribution is -2.03. The molecule has 6 heteroatoms. The van der Waals surface area contributed by atoms with E-state index in [0.29, 0.717) is 18.8 Å². The van der Waals surface area contributed by atoms with Crippen molar-refractivity contribution in [3.05, 3.63) is 29.5 Å². The minimum atomic E-state index is 0.566. The van der Waals surface area contributed by atoms with Crippen molar-refractivity contribution in [2.45, 2.75) is 6.42 Å². The summed E-state index contributed by atoms with van der Waals surface area (Å²) >= 11 is 1.66. The van der Waals surface area contributed by atoms with Crippen molar-refractivity contribution < 1.29 is 0 Å². The Labute approximate surface area is 102 Å². The lowest BCUT2D eigenvalue weighted by molar-refractivity contribution is 0.874. The average molecular weight is 245 g/mol. The molecule has 0 radical (unpaired) electrons. The third-order valence-electron chi connectivity index (χ3n) is 2.47. The van der Waals surface area contributed by atoms with E-state index in [4.69, 9.17) is 5.73 Å². The molecule has 0 saturated heterocycles. The first-order chi connectivity index (χ1) is 8.36. The summed E-state index contributed by atoms with van der Waals surface area (Å²) in [7, 11) is 0. The van der Waals surface area contributed by atoms with Gasteiger partial charge in [0.15, 0.2) is 5.82 Å². The number of fused-ring (bicyclic) bond motifs is 1. The molecule has 0 spiro atoms. The maximum atomic E-state index is 5.47. The normalized spacial score (nSPS) is 11.1. The first-order valence-corrected chi connectivity index (χ1v) is 6.20. The summed E-state index contributed by atoms with van der Waals surface area (Å²) in [5.74, 6) is 1.49. The third-order valence-corrected chi connectivity index (χ3v) is 3.33. The molecule has 3 rings (SSSR count). The number of hydrogen-bond acceptors (Lipinski definition) is 5. The van der Waals surface area contributed by atoms with Crippen LogP contribution in [0.5, 0.6) is 0 Å². The number of aromatic nitrogens is 4. The van der Waals surface area contributed by atoms with Gasteiger partial charge in [-0.25, -0.2) is 4.98 Å². The Morgan fingerprint density at radius 3 is 3.24 bits per heavy atom. The molecular formula is C11H11N5S. The number of aromatic amines is 1. The van der Waals surface area contributed by atoms with E-state index in [1.807, 2.05) is 11.4 Å². The van der Waals surface area contributed by atoms with Crippen LogP contribution in [-0.2, 0) is 6.42 Å². The van der Waals surface area contributed by atoms with Gasteiger partial charge in [-0.15, -0.1) is 11.3 Å². The number of nitrogens with one attached hydrogen (secondary N) is 1. The van der Waals surface area contributed by atoms with Crippen LogP contribution in [0.4, 0.5) is 0 Å². The van der Waals surface area contributed by atoms with Crippen molar-refractivity contribution in [3.8, 4) is 11.4 Å². The van der Waals surface area contributed by atoms with Gasteiger partial charge in [0.1, 0.15) is 5.82 Å². The topological polar surface area (TPSA) is 80.5 Å². The molecule has 0 saturated carbocycles. The number of hydrogen-bond donors (Lipinski definition) is 2. The number of thiophene rings is 1. The maximum Gasteiger partial charge on any atom is 0.182 e. The first-order valence-electron chi connectivity index (χ1n) is 5.32. The van der Waals surface area contributed by atoms with Gasteiger partial charge in [0.2, 0.25) is 0 Å². The van der Waals surface area contributed by atoms with Gasteiger partial charge in [-0.2, -0.15) is 5.10 Å². The molecule has 0 fully saturated rings. The van der Waals surface area contributed by atoms with Crippen molar-refractivity contribution >= 4 is 21.6 Å². The number of H-pyrrole nitrogens is 1. The van der Waals surface area contributed by atoms with Crippen LogP contribution in [-0.4, -0.2) is 26.7 Å². The largest absolute Gasteiger partial charge is 0.330 e. The van der Waals surface area contributed by atoms with E-state index in [2.05, 4.69) is 26.2 Å². The molecule has 0 amide bonds. The molecule has 0 unspecified atom stereocenters. The second-order valence-corrected chi connectivity index (χ2v) is 4.62. The monoisotopic (exact) mass is 245 g/mol. The highest BCUT2D eigenvalue weighted by Crippen LogP contribution is 2.23. The van der Waals surface area contributed by atoms with Crippen molar-refractivity contribution in [3.63, 3.8) is 0 Å². The second kappa shape index (κ2) is 4.23. The van der Waals surface area contributed by atoms with E-state index in [0.717, 1.165) is 21.6 Å². The Bertz CT molecular complexity index is 642. The number of nitrogens with zero attached hydrogens (tertiary/aromatic N) is 3. The smallest absolute Gasteiger partial charge is 0.182 e. The fourth-order valence-electron chi connectivity index (χ4n) is 1.64. The van der Waals surface area contributed by atoms with Gasteiger partial charge in [-0.05, 0) is 24.1 Å². The summed E-state index contributed by atoms with van der Waals surface area (Å²) in [5.41, 5.74) is 7.41. The minimum Gasteiger partial charge on any atom is -0.330 e. The van der Waals surface area contributed by atoms with Crippen LogP contribution in [0.15, 0.2) is 23.7 Å². The Morgan fingerprint density at radius 1 is 1.41 bits per heavy atom. The fourth-order valence-corrected chi connectivity index (χ4v) is 2.42. The Morgan fingerprint density at radius 2 is 2.35 bits per heavy atom. The van der Waals surface area contributed by atoms with E-state index < -0.39 is 0 Å². The Hall–Kier alpha value is -1.79. The molecule has 0 aromatic carbocycles. The van der Waals surface area contributed by atoms with Crippen molar-refractivity contribution in [1.29, 1.82) is 0 Å². The Kier molecular flexibility index (Phi) is 2.58. The zero-order chi connectivity index (χ0) is 11.7. The van der Waals surface area contributed by atoms with Crippen LogP contribution >= 0.6 is 11.3 Å². The number of pyridine rings is 1. The summed E-state index contributed by atoms with van der Waals surface area (Å²) in [6, 6.07) is 4.06. The van der Waals surface area contributed by atoms with E-state index in [-0.39, 0.29) is 0 Å². The molecule has 0 bridgehead atoms. The highest BCUT2D eigenvalue weighted by atomic mass is 32.1. The molecule has 3 aromatic heterocycles. The van der Waals surface area contributed by atoms with Crippen LogP contribution in [0.25, 0.3) is 21.6 Å². The molecule has 0 aliphatic heterocycles. The minimum absolute atomic E-state index is 0.566.